The summed E-state index contributed by atoms with van der Waals surface area (Å²) in [6, 6.07) is 6.09. The van der Waals surface area contributed by atoms with Gasteiger partial charge >= 0.3 is 0 Å². The molecule has 0 atom stereocenters. The van der Waals surface area contributed by atoms with Crippen LogP contribution in [0.3, 0.4) is 0 Å². The van der Waals surface area contributed by atoms with Gasteiger partial charge in [-0.15, -0.1) is 0 Å². The minimum atomic E-state index is -0.225. The monoisotopic (exact) mass is 252 g/mol. The maximum atomic E-state index is 11.8. The van der Waals surface area contributed by atoms with Crippen LogP contribution >= 0.6 is 11.6 Å². The van der Waals surface area contributed by atoms with Gasteiger partial charge in [0, 0.05) is 16.9 Å². The quantitative estimate of drug-likeness (QED) is 0.766. The lowest BCUT2D eigenvalue weighted by Gasteiger charge is -2.16. The van der Waals surface area contributed by atoms with Crippen molar-refractivity contribution >= 4 is 17.4 Å². The third-order valence-corrected chi connectivity index (χ3v) is 3.25. The van der Waals surface area contributed by atoms with Crippen molar-refractivity contribution in [3.8, 4) is 0 Å². The number of carbonyl (C=O) groups excluding carboxylic acids is 1. The first-order valence-electron chi connectivity index (χ1n) is 6.09. The van der Waals surface area contributed by atoms with Crippen molar-refractivity contribution in [1.29, 1.82) is 0 Å². The van der Waals surface area contributed by atoms with Crippen LogP contribution in [-0.2, 0) is 11.2 Å². The van der Waals surface area contributed by atoms with Crippen LogP contribution in [0.1, 0.15) is 44.7 Å². The Bertz CT molecular complexity index is 402. The largest absolute Gasteiger partial charge is 0.299 e. The normalized spacial score (nSPS) is 11.6. The van der Waals surface area contributed by atoms with Gasteiger partial charge < -0.3 is 0 Å². The van der Waals surface area contributed by atoms with Crippen molar-refractivity contribution in [3.05, 3.63) is 34.3 Å². The zero-order valence-corrected chi connectivity index (χ0v) is 11.9. The number of aryl methyl sites for hydroxylation is 2. The zero-order valence-electron chi connectivity index (χ0n) is 11.1. The molecule has 0 fully saturated rings. The maximum absolute atomic E-state index is 11.8. The first kappa shape index (κ1) is 14.2. The maximum Gasteiger partial charge on any atom is 0.138 e. The van der Waals surface area contributed by atoms with Crippen molar-refractivity contribution in [2.75, 3.05) is 0 Å². The van der Waals surface area contributed by atoms with Crippen molar-refractivity contribution in [2.24, 2.45) is 5.41 Å². The van der Waals surface area contributed by atoms with Gasteiger partial charge in [-0.3, -0.25) is 4.79 Å². The van der Waals surface area contributed by atoms with Gasteiger partial charge in [-0.1, -0.05) is 44.5 Å². The van der Waals surface area contributed by atoms with Crippen molar-refractivity contribution in [1.82, 2.24) is 0 Å². The highest BCUT2D eigenvalue weighted by molar-refractivity contribution is 6.31. The molecule has 0 unspecified atom stereocenters. The number of benzene rings is 1. The van der Waals surface area contributed by atoms with Crippen molar-refractivity contribution in [2.45, 2.75) is 47.0 Å². The van der Waals surface area contributed by atoms with Crippen molar-refractivity contribution in [3.63, 3.8) is 0 Å². The predicted molar refractivity (Wildman–Crippen MR) is 73.6 cm³/mol. The number of hydrogen-bond acceptors (Lipinski definition) is 1. The Morgan fingerprint density at radius 2 is 1.94 bits per heavy atom. The average Bonchev–Trinajstić information content (AvgIpc) is 2.19. The van der Waals surface area contributed by atoms with Gasteiger partial charge in [0.15, 0.2) is 0 Å². The van der Waals surface area contributed by atoms with Crippen molar-refractivity contribution < 1.29 is 4.79 Å². The number of rotatable bonds is 4. The fourth-order valence-electron chi connectivity index (χ4n) is 1.67. The van der Waals surface area contributed by atoms with Crippen LogP contribution < -0.4 is 0 Å². The third-order valence-electron chi connectivity index (χ3n) is 2.90. The minimum absolute atomic E-state index is 0.225. The van der Waals surface area contributed by atoms with E-state index in [1.807, 2.05) is 33.8 Å². The van der Waals surface area contributed by atoms with Gasteiger partial charge in [-0.2, -0.15) is 0 Å². The van der Waals surface area contributed by atoms with E-state index >= 15 is 0 Å². The van der Waals surface area contributed by atoms with Gasteiger partial charge in [-0.05, 0) is 37.0 Å². The molecular weight excluding hydrogens is 232 g/mol. The summed E-state index contributed by atoms with van der Waals surface area (Å²) in [7, 11) is 0. The van der Waals surface area contributed by atoms with E-state index < -0.39 is 0 Å². The van der Waals surface area contributed by atoms with Gasteiger partial charge in [0.05, 0.1) is 0 Å². The molecule has 0 bridgehead atoms. The number of Topliss-reactive ketones (excluding diaryl/α,β-unsaturated/α-hetero) is 1. The molecule has 1 rings (SSSR count). The van der Waals surface area contributed by atoms with E-state index in [0.29, 0.717) is 12.2 Å². The average molecular weight is 253 g/mol. The second-order valence-electron chi connectivity index (χ2n) is 5.62. The Labute approximate surface area is 109 Å². The molecule has 0 saturated heterocycles. The molecule has 0 aliphatic heterocycles. The van der Waals surface area contributed by atoms with Crippen LogP contribution in [0.5, 0.6) is 0 Å². The minimum Gasteiger partial charge on any atom is -0.299 e. The fraction of sp³-hybridized carbons (Fsp3) is 0.533. The molecule has 0 aliphatic carbocycles. The molecule has 0 radical (unpaired) electrons. The molecule has 0 spiro atoms. The summed E-state index contributed by atoms with van der Waals surface area (Å²) in [5.41, 5.74) is 2.08. The molecule has 1 nitrogen and oxygen atoms in total. The first-order chi connectivity index (χ1) is 7.80. The summed E-state index contributed by atoms with van der Waals surface area (Å²) in [6.07, 6.45) is 2.38. The molecule has 0 amide bonds. The summed E-state index contributed by atoms with van der Waals surface area (Å²) in [4.78, 5) is 11.8. The lowest BCUT2D eigenvalue weighted by atomic mass is 9.87. The summed E-state index contributed by atoms with van der Waals surface area (Å²) < 4.78 is 0. The van der Waals surface area contributed by atoms with E-state index in [-0.39, 0.29) is 5.41 Å². The van der Waals surface area contributed by atoms with E-state index in [1.165, 1.54) is 5.56 Å². The van der Waals surface area contributed by atoms with Gasteiger partial charge in [0.25, 0.3) is 0 Å². The molecule has 94 valence electrons. The van der Waals surface area contributed by atoms with Crippen LogP contribution in [0.15, 0.2) is 18.2 Å². The van der Waals surface area contributed by atoms with Gasteiger partial charge in [-0.25, -0.2) is 0 Å². The SMILES string of the molecule is Cc1ccc(CCCC(=O)C(C)(C)C)c(Cl)c1. The van der Waals surface area contributed by atoms with Crippen LogP contribution in [0, 0.1) is 12.3 Å². The summed E-state index contributed by atoms with van der Waals surface area (Å²) in [5.74, 6) is 0.320. The zero-order chi connectivity index (χ0) is 13.1. The fourth-order valence-corrected chi connectivity index (χ4v) is 2.00. The van der Waals surface area contributed by atoms with Gasteiger partial charge in [0.1, 0.15) is 5.78 Å². The molecule has 1 aromatic carbocycles. The summed E-state index contributed by atoms with van der Waals surface area (Å²) >= 11 is 6.15. The smallest absolute Gasteiger partial charge is 0.138 e. The summed E-state index contributed by atoms with van der Waals surface area (Å²) in [6.45, 7) is 7.93. The number of hydrogen-bond donors (Lipinski definition) is 0. The second kappa shape index (κ2) is 5.68. The Kier molecular flexibility index (Phi) is 4.76. The number of halogens is 1. The second-order valence-corrected chi connectivity index (χ2v) is 6.03. The van der Waals surface area contributed by atoms with Gasteiger partial charge in [0.2, 0.25) is 0 Å². The van der Waals surface area contributed by atoms with E-state index in [9.17, 15) is 4.79 Å². The Morgan fingerprint density at radius 1 is 1.29 bits per heavy atom. The summed E-state index contributed by atoms with van der Waals surface area (Å²) in [5, 5.41) is 0.813. The van der Waals surface area contributed by atoms with Crippen LogP contribution in [-0.4, -0.2) is 5.78 Å². The van der Waals surface area contributed by atoms with E-state index in [0.717, 1.165) is 23.4 Å². The van der Waals surface area contributed by atoms with E-state index in [1.54, 1.807) is 0 Å². The molecular formula is C15H21ClO. The molecule has 1 aromatic rings. The van der Waals surface area contributed by atoms with Crippen LogP contribution in [0.2, 0.25) is 5.02 Å². The Hall–Kier alpha value is -0.820. The molecule has 0 heterocycles. The standard InChI is InChI=1S/C15H21ClO/c1-11-8-9-12(13(16)10-11)6-5-7-14(17)15(2,3)4/h8-10H,5-7H2,1-4H3. The molecule has 0 aromatic heterocycles. The first-order valence-corrected chi connectivity index (χ1v) is 6.47. The lowest BCUT2D eigenvalue weighted by Crippen LogP contribution is -2.19. The highest BCUT2D eigenvalue weighted by Gasteiger charge is 2.20. The molecule has 0 N–H and O–H groups in total. The highest BCUT2D eigenvalue weighted by atomic mass is 35.5. The molecule has 17 heavy (non-hydrogen) atoms. The van der Waals surface area contributed by atoms with Crippen LogP contribution in [0.4, 0.5) is 0 Å². The molecule has 2 heteroatoms. The Balaban J connectivity index is 2.49. The van der Waals surface area contributed by atoms with E-state index in [4.69, 9.17) is 11.6 Å². The predicted octanol–water partition coefficient (Wildman–Crippen LogP) is 4.59. The van der Waals surface area contributed by atoms with Crippen LogP contribution in [0.25, 0.3) is 0 Å². The Morgan fingerprint density at radius 3 is 2.47 bits per heavy atom. The lowest BCUT2D eigenvalue weighted by molar-refractivity contribution is -0.126. The number of carbonyl (C=O) groups is 1. The molecule has 0 saturated carbocycles. The number of ketones is 1. The highest BCUT2D eigenvalue weighted by Crippen LogP contribution is 2.22. The third kappa shape index (κ3) is 4.51. The molecule has 0 aliphatic rings. The van der Waals surface area contributed by atoms with E-state index in [2.05, 4.69) is 12.1 Å². The topological polar surface area (TPSA) is 17.1 Å².